The summed E-state index contributed by atoms with van der Waals surface area (Å²) in [5.74, 6) is -0.0106. The Hall–Kier alpha value is -2.78. The van der Waals surface area contributed by atoms with Gasteiger partial charge >= 0.3 is 0 Å². The molecule has 0 saturated carbocycles. The van der Waals surface area contributed by atoms with Crippen LogP contribution in [0.4, 0.5) is 11.4 Å². The van der Waals surface area contributed by atoms with Gasteiger partial charge in [-0.2, -0.15) is 0 Å². The molecule has 1 atom stereocenters. The largest absolute Gasteiger partial charge is 0.360 e. The van der Waals surface area contributed by atoms with E-state index in [1.807, 2.05) is 65.6 Å². The Labute approximate surface area is 158 Å². The molecule has 130 valence electrons. The van der Waals surface area contributed by atoms with Gasteiger partial charge in [-0.1, -0.05) is 54.9 Å². The van der Waals surface area contributed by atoms with Gasteiger partial charge in [0.2, 0.25) is 0 Å². The van der Waals surface area contributed by atoms with E-state index in [1.165, 1.54) is 5.56 Å². The predicted octanol–water partition coefficient (Wildman–Crippen LogP) is 5.67. The smallest absolute Gasteiger partial charge is 0.262 e. The highest BCUT2D eigenvalue weighted by atomic mass is 35.5. The Morgan fingerprint density at radius 1 is 0.962 bits per heavy atom. The first-order valence-corrected chi connectivity index (χ1v) is 9.08. The van der Waals surface area contributed by atoms with Crippen LogP contribution in [0.5, 0.6) is 0 Å². The monoisotopic (exact) mass is 362 g/mol. The fourth-order valence-corrected chi connectivity index (χ4v) is 3.42. The van der Waals surface area contributed by atoms with E-state index >= 15 is 0 Å². The highest BCUT2D eigenvalue weighted by molar-refractivity contribution is 6.30. The van der Waals surface area contributed by atoms with Crippen LogP contribution < -0.4 is 10.2 Å². The minimum absolute atomic E-state index is 0.0106. The fourth-order valence-electron chi connectivity index (χ4n) is 3.29. The van der Waals surface area contributed by atoms with E-state index in [0.717, 1.165) is 23.4 Å². The zero-order chi connectivity index (χ0) is 18.1. The summed E-state index contributed by atoms with van der Waals surface area (Å²) in [6, 6.07) is 23.4. The molecule has 0 bridgehead atoms. The molecule has 1 N–H and O–H groups in total. The number of benzene rings is 3. The van der Waals surface area contributed by atoms with Crippen molar-refractivity contribution >= 4 is 28.9 Å². The number of aryl methyl sites for hydroxylation is 1. The van der Waals surface area contributed by atoms with Gasteiger partial charge in [-0.3, -0.25) is 9.69 Å². The quantitative estimate of drug-likeness (QED) is 0.650. The number of para-hydroxylation sites is 1. The molecule has 26 heavy (non-hydrogen) atoms. The van der Waals surface area contributed by atoms with Gasteiger partial charge in [0.25, 0.3) is 5.91 Å². The molecule has 1 heterocycles. The van der Waals surface area contributed by atoms with E-state index in [9.17, 15) is 4.79 Å². The lowest BCUT2D eigenvalue weighted by Crippen LogP contribution is -2.43. The third kappa shape index (κ3) is 2.95. The molecule has 0 aliphatic carbocycles. The SMILES string of the molecule is CCc1ccc(N2C(=O)c3ccccc3N[C@H]2c2ccc(Cl)cc2)cc1. The van der Waals surface area contributed by atoms with Crippen molar-refractivity contribution in [2.24, 2.45) is 0 Å². The van der Waals surface area contributed by atoms with Crippen molar-refractivity contribution < 1.29 is 4.79 Å². The van der Waals surface area contributed by atoms with Crippen molar-refractivity contribution in [1.82, 2.24) is 0 Å². The Kier molecular flexibility index (Phi) is 4.39. The molecular formula is C22H19ClN2O. The number of hydrogen-bond acceptors (Lipinski definition) is 2. The number of fused-ring (bicyclic) bond motifs is 1. The van der Waals surface area contributed by atoms with Crippen LogP contribution >= 0.6 is 11.6 Å². The van der Waals surface area contributed by atoms with Crippen LogP contribution in [0.2, 0.25) is 5.02 Å². The van der Waals surface area contributed by atoms with Crippen molar-refractivity contribution in [1.29, 1.82) is 0 Å². The Balaban J connectivity index is 1.82. The highest BCUT2D eigenvalue weighted by Crippen LogP contribution is 2.36. The third-order valence-electron chi connectivity index (χ3n) is 4.74. The van der Waals surface area contributed by atoms with E-state index in [1.54, 1.807) is 0 Å². The molecule has 0 saturated heterocycles. The first kappa shape index (κ1) is 16.7. The van der Waals surface area contributed by atoms with Gasteiger partial charge < -0.3 is 5.32 Å². The summed E-state index contributed by atoms with van der Waals surface area (Å²) < 4.78 is 0. The number of nitrogens with zero attached hydrogens (tertiary/aromatic N) is 1. The topological polar surface area (TPSA) is 32.3 Å². The molecule has 1 amide bonds. The molecule has 0 unspecified atom stereocenters. The number of nitrogens with one attached hydrogen (secondary N) is 1. The summed E-state index contributed by atoms with van der Waals surface area (Å²) in [4.78, 5) is 15.1. The number of amides is 1. The van der Waals surface area contributed by atoms with Crippen LogP contribution in [0.15, 0.2) is 72.8 Å². The average Bonchev–Trinajstić information content (AvgIpc) is 2.69. The minimum Gasteiger partial charge on any atom is -0.360 e. The maximum atomic E-state index is 13.3. The molecule has 0 fully saturated rings. The number of carbonyl (C=O) groups is 1. The second kappa shape index (κ2) is 6.85. The number of rotatable bonds is 3. The minimum atomic E-state index is -0.290. The van der Waals surface area contributed by atoms with E-state index in [0.29, 0.717) is 10.6 Å². The van der Waals surface area contributed by atoms with Gasteiger partial charge in [0, 0.05) is 16.4 Å². The van der Waals surface area contributed by atoms with Crippen LogP contribution in [0.3, 0.4) is 0 Å². The zero-order valence-electron chi connectivity index (χ0n) is 14.4. The van der Waals surface area contributed by atoms with Crippen LogP contribution in [-0.4, -0.2) is 5.91 Å². The van der Waals surface area contributed by atoms with Crippen LogP contribution in [0.1, 0.15) is 34.6 Å². The number of carbonyl (C=O) groups excluding carboxylic acids is 1. The molecule has 1 aliphatic rings. The van der Waals surface area contributed by atoms with Crippen molar-refractivity contribution in [3.05, 3.63) is 94.5 Å². The molecule has 1 aliphatic heterocycles. The maximum Gasteiger partial charge on any atom is 0.262 e. The maximum absolute atomic E-state index is 13.3. The number of hydrogen-bond donors (Lipinski definition) is 1. The summed E-state index contributed by atoms with van der Waals surface area (Å²) in [6.45, 7) is 2.12. The highest BCUT2D eigenvalue weighted by Gasteiger charge is 2.33. The second-order valence-electron chi connectivity index (χ2n) is 6.34. The summed E-state index contributed by atoms with van der Waals surface area (Å²) in [6.07, 6.45) is 0.678. The lowest BCUT2D eigenvalue weighted by Gasteiger charge is -2.38. The van der Waals surface area contributed by atoms with Crippen molar-refractivity contribution in [3.8, 4) is 0 Å². The summed E-state index contributed by atoms with van der Waals surface area (Å²) in [5, 5.41) is 4.18. The molecule has 4 heteroatoms. The Morgan fingerprint density at radius 3 is 2.35 bits per heavy atom. The van der Waals surface area contributed by atoms with E-state index in [4.69, 9.17) is 11.6 Å². The second-order valence-corrected chi connectivity index (χ2v) is 6.78. The molecule has 0 aromatic heterocycles. The van der Waals surface area contributed by atoms with Crippen LogP contribution in [-0.2, 0) is 6.42 Å². The molecule has 3 aromatic carbocycles. The van der Waals surface area contributed by atoms with E-state index in [-0.39, 0.29) is 12.1 Å². The Morgan fingerprint density at radius 2 is 1.65 bits per heavy atom. The van der Waals surface area contributed by atoms with Gasteiger partial charge in [0.1, 0.15) is 6.17 Å². The van der Waals surface area contributed by atoms with Gasteiger partial charge in [0.15, 0.2) is 0 Å². The van der Waals surface area contributed by atoms with Crippen LogP contribution in [0, 0.1) is 0 Å². The van der Waals surface area contributed by atoms with Gasteiger partial charge in [-0.05, 0) is 53.9 Å². The molecule has 3 nitrogen and oxygen atoms in total. The van der Waals surface area contributed by atoms with Gasteiger partial charge in [-0.25, -0.2) is 0 Å². The van der Waals surface area contributed by atoms with Crippen molar-refractivity contribution in [2.45, 2.75) is 19.5 Å². The normalized spacial score (nSPS) is 16.2. The van der Waals surface area contributed by atoms with E-state index in [2.05, 4.69) is 24.4 Å². The first-order valence-electron chi connectivity index (χ1n) is 8.71. The molecule has 0 spiro atoms. The predicted molar refractivity (Wildman–Crippen MR) is 107 cm³/mol. The van der Waals surface area contributed by atoms with Gasteiger partial charge in [-0.15, -0.1) is 0 Å². The molecule has 4 rings (SSSR count). The van der Waals surface area contributed by atoms with Crippen molar-refractivity contribution in [2.75, 3.05) is 10.2 Å². The fraction of sp³-hybridized carbons (Fsp3) is 0.136. The molecule has 0 radical (unpaired) electrons. The summed E-state index contributed by atoms with van der Waals surface area (Å²) >= 11 is 6.05. The van der Waals surface area contributed by atoms with Crippen LogP contribution in [0.25, 0.3) is 0 Å². The number of anilines is 2. The lowest BCUT2D eigenvalue weighted by molar-refractivity contribution is 0.0975. The van der Waals surface area contributed by atoms with E-state index < -0.39 is 0 Å². The Bertz CT molecular complexity index is 935. The standard InChI is InChI=1S/C22H19ClN2O/c1-2-15-7-13-18(14-8-15)25-21(16-9-11-17(23)12-10-16)24-20-6-4-3-5-19(20)22(25)26/h3-14,21,24H,2H2,1H3/t21-/m1/s1. The summed E-state index contributed by atoms with van der Waals surface area (Å²) in [5.41, 5.74) is 4.62. The average molecular weight is 363 g/mol. The molecular weight excluding hydrogens is 344 g/mol. The molecule has 3 aromatic rings. The number of halogens is 1. The van der Waals surface area contributed by atoms with Gasteiger partial charge in [0.05, 0.1) is 5.56 Å². The summed E-state index contributed by atoms with van der Waals surface area (Å²) in [7, 11) is 0. The third-order valence-corrected chi connectivity index (χ3v) is 4.99. The zero-order valence-corrected chi connectivity index (χ0v) is 15.2. The van der Waals surface area contributed by atoms with Crippen molar-refractivity contribution in [3.63, 3.8) is 0 Å². The first-order chi connectivity index (χ1) is 12.7. The lowest BCUT2D eigenvalue weighted by atomic mass is 10.0.